The van der Waals surface area contributed by atoms with Crippen LogP contribution in [0.15, 0.2) is 104 Å². The van der Waals surface area contributed by atoms with Gasteiger partial charge in [0.15, 0.2) is 0 Å². The van der Waals surface area contributed by atoms with Crippen LogP contribution >= 0.6 is 0 Å². The number of rotatable bonds is 11. The van der Waals surface area contributed by atoms with Crippen LogP contribution in [0.3, 0.4) is 0 Å². The largest absolute Gasteiger partial charge is 0.497 e. The number of ether oxygens (including phenoxy) is 3. The molecule has 0 atom stereocenters. The van der Waals surface area contributed by atoms with E-state index in [0.717, 1.165) is 66.7 Å². The number of nitrogens with zero attached hydrogens (tertiary/aromatic N) is 7. The van der Waals surface area contributed by atoms with Crippen LogP contribution in [0.25, 0.3) is 22.5 Å². The molecule has 0 saturated carbocycles. The highest BCUT2D eigenvalue weighted by Gasteiger charge is 2.26. The van der Waals surface area contributed by atoms with E-state index in [1.54, 1.807) is 61.8 Å². The zero-order valence-corrected chi connectivity index (χ0v) is 35.8. The maximum Gasteiger partial charge on any atom is 0.424 e. The first-order valence-corrected chi connectivity index (χ1v) is 21.1. The number of para-hydroxylation sites is 1. The van der Waals surface area contributed by atoms with E-state index in [4.69, 9.17) is 14.2 Å². The second kappa shape index (κ2) is 23.2. The van der Waals surface area contributed by atoms with Crippen molar-refractivity contribution in [3.05, 3.63) is 104 Å². The van der Waals surface area contributed by atoms with Crippen molar-refractivity contribution in [3.63, 3.8) is 0 Å². The number of imidazole rings is 2. The van der Waals surface area contributed by atoms with Crippen LogP contribution in [0, 0.1) is 5.92 Å². The molecule has 1 amide bonds. The van der Waals surface area contributed by atoms with Crippen LogP contribution in [-0.4, -0.2) is 113 Å². The Morgan fingerprint density at radius 1 is 0.644 bits per heavy atom. The molecule has 2 aromatic heterocycles. The van der Waals surface area contributed by atoms with Gasteiger partial charge in [0.1, 0.15) is 29.9 Å². The maximum absolute atomic E-state index is 12.8. The predicted molar refractivity (Wildman–Crippen MR) is 234 cm³/mol. The SMILES string of the molecule is CCCN1CCC(CC)CC1.CCCN1CCC(N(C)C(=O)n2cnc(-c3ccc(OC)cc3)c2)CC1.COc1ccc(-c2cn(C(=O)Oc3ccccc3)cn2)cc1. The lowest BCUT2D eigenvalue weighted by atomic mass is 9.94. The molecule has 4 heterocycles. The summed E-state index contributed by atoms with van der Waals surface area (Å²) in [5, 5.41) is 0. The van der Waals surface area contributed by atoms with Gasteiger partial charge in [-0.2, -0.15) is 0 Å². The highest BCUT2D eigenvalue weighted by atomic mass is 16.6. The van der Waals surface area contributed by atoms with E-state index in [2.05, 4.69) is 40.5 Å². The van der Waals surface area contributed by atoms with Gasteiger partial charge in [0.05, 0.1) is 25.6 Å². The second-order valence-electron chi connectivity index (χ2n) is 15.1. The van der Waals surface area contributed by atoms with E-state index in [-0.39, 0.29) is 6.03 Å². The van der Waals surface area contributed by atoms with Crippen LogP contribution in [-0.2, 0) is 0 Å². The van der Waals surface area contributed by atoms with Gasteiger partial charge in [-0.05, 0) is 131 Å². The van der Waals surface area contributed by atoms with Gasteiger partial charge in [-0.15, -0.1) is 0 Å². The van der Waals surface area contributed by atoms with E-state index in [1.807, 2.05) is 66.5 Å². The first-order valence-electron chi connectivity index (χ1n) is 21.1. The van der Waals surface area contributed by atoms with Crippen molar-refractivity contribution in [2.24, 2.45) is 5.92 Å². The lowest BCUT2D eigenvalue weighted by Gasteiger charge is -2.36. The molecule has 7 rings (SSSR count). The summed E-state index contributed by atoms with van der Waals surface area (Å²) < 4.78 is 18.4. The fraction of sp³-hybridized carbons (Fsp3) is 0.447. The Kier molecular flexibility index (Phi) is 17.6. The highest BCUT2D eigenvalue weighted by Crippen LogP contribution is 2.24. The van der Waals surface area contributed by atoms with Crippen LogP contribution in [0.1, 0.15) is 65.7 Å². The predicted octanol–water partition coefficient (Wildman–Crippen LogP) is 9.46. The van der Waals surface area contributed by atoms with Crippen LogP contribution in [0.4, 0.5) is 9.59 Å². The van der Waals surface area contributed by atoms with E-state index < -0.39 is 6.09 Å². The topological polar surface area (TPSA) is 107 Å². The minimum Gasteiger partial charge on any atom is -0.497 e. The number of carbonyl (C=O) groups excluding carboxylic acids is 2. The zero-order valence-electron chi connectivity index (χ0n) is 35.8. The summed E-state index contributed by atoms with van der Waals surface area (Å²) in [5.74, 6) is 3.10. The molecule has 0 spiro atoms. The van der Waals surface area contributed by atoms with Gasteiger partial charge < -0.3 is 28.9 Å². The first-order chi connectivity index (χ1) is 28.7. The third-order valence-corrected chi connectivity index (χ3v) is 11.1. The number of hydrogen-bond acceptors (Lipinski definition) is 9. The highest BCUT2D eigenvalue weighted by molar-refractivity contribution is 5.78. The Morgan fingerprint density at radius 3 is 1.59 bits per heavy atom. The summed E-state index contributed by atoms with van der Waals surface area (Å²) in [6, 6.07) is 24.3. The average Bonchev–Trinajstić information content (AvgIpc) is 4.00. The lowest BCUT2D eigenvalue weighted by molar-refractivity contribution is 0.135. The van der Waals surface area contributed by atoms with E-state index in [9.17, 15) is 9.59 Å². The van der Waals surface area contributed by atoms with Crippen molar-refractivity contribution in [3.8, 4) is 39.8 Å². The van der Waals surface area contributed by atoms with E-state index >= 15 is 0 Å². The van der Waals surface area contributed by atoms with E-state index in [0.29, 0.717) is 17.5 Å². The summed E-state index contributed by atoms with van der Waals surface area (Å²) in [5.41, 5.74) is 3.33. The minimum absolute atomic E-state index is 0.0220. The van der Waals surface area contributed by atoms with E-state index in [1.165, 1.54) is 62.6 Å². The number of likely N-dealkylation sites (tertiary alicyclic amines) is 2. The van der Waals surface area contributed by atoms with Crippen molar-refractivity contribution >= 4 is 12.1 Å². The Morgan fingerprint density at radius 2 is 1.12 bits per heavy atom. The molecule has 0 aliphatic carbocycles. The fourth-order valence-electron chi connectivity index (χ4n) is 7.43. The van der Waals surface area contributed by atoms with Gasteiger partial charge >= 0.3 is 12.1 Å². The standard InChI is InChI=1S/C20H28N4O2.C17H14N2O3.C10H21N/c1-4-11-23-12-9-17(10-13-23)22(2)20(25)24-14-19(21-15-24)16-5-7-18(26-3)8-6-16;1-21-14-9-7-13(8-10-14)16-11-19(12-18-16)17(20)22-15-5-3-2-4-6-15;1-3-7-11-8-5-10(4-2)6-9-11/h5-8,14-15,17H,4,9-13H2,1-3H3;2-12H,1H3;10H,3-9H2,1-2H3. The Balaban J connectivity index is 0.000000181. The number of benzene rings is 3. The quantitative estimate of drug-likeness (QED) is 0.129. The second-order valence-corrected chi connectivity index (χ2v) is 15.1. The fourth-order valence-corrected chi connectivity index (χ4v) is 7.43. The van der Waals surface area contributed by atoms with Gasteiger partial charge in [-0.25, -0.2) is 24.1 Å². The van der Waals surface area contributed by atoms with Crippen LogP contribution in [0.2, 0.25) is 0 Å². The van der Waals surface area contributed by atoms with Crippen LogP contribution < -0.4 is 14.2 Å². The number of aromatic nitrogens is 4. The number of piperidine rings is 2. The lowest BCUT2D eigenvalue weighted by Crippen LogP contribution is -2.46. The molecule has 0 bridgehead atoms. The Hall–Kier alpha value is -5.46. The zero-order chi connectivity index (χ0) is 42.0. The molecule has 59 heavy (non-hydrogen) atoms. The monoisotopic (exact) mass is 805 g/mol. The minimum atomic E-state index is -0.501. The molecule has 0 unspecified atom stereocenters. The molecule has 12 heteroatoms. The number of carbonyl (C=O) groups is 2. The van der Waals surface area contributed by atoms with Crippen LogP contribution in [0.5, 0.6) is 17.2 Å². The van der Waals surface area contributed by atoms with Crippen molar-refractivity contribution in [1.82, 2.24) is 33.8 Å². The molecule has 0 radical (unpaired) electrons. The number of amides is 1. The summed E-state index contributed by atoms with van der Waals surface area (Å²) >= 11 is 0. The normalized spacial score (nSPS) is 14.9. The molecule has 2 fully saturated rings. The smallest absolute Gasteiger partial charge is 0.424 e. The van der Waals surface area contributed by atoms with Gasteiger partial charge in [0, 0.05) is 49.7 Å². The maximum atomic E-state index is 12.8. The molecule has 2 aliphatic rings. The summed E-state index contributed by atoms with van der Waals surface area (Å²) in [7, 11) is 5.16. The molecular weight excluding hydrogens is 743 g/mol. The molecule has 12 nitrogen and oxygen atoms in total. The molecule has 5 aromatic rings. The van der Waals surface area contributed by atoms with Crippen molar-refractivity contribution in [2.75, 3.05) is 60.5 Å². The number of hydrogen-bond donors (Lipinski definition) is 0. The van der Waals surface area contributed by atoms with Gasteiger partial charge in [0.25, 0.3) is 0 Å². The summed E-state index contributed by atoms with van der Waals surface area (Å²) in [4.78, 5) is 40.4. The summed E-state index contributed by atoms with van der Waals surface area (Å²) in [6.07, 6.45) is 14.8. The molecule has 0 N–H and O–H groups in total. The van der Waals surface area contributed by atoms with Gasteiger partial charge in [0.2, 0.25) is 0 Å². The average molecular weight is 806 g/mol. The third-order valence-electron chi connectivity index (χ3n) is 11.1. The third kappa shape index (κ3) is 13.3. The van der Waals surface area contributed by atoms with Crippen molar-refractivity contribution < 1.29 is 23.8 Å². The first kappa shape index (κ1) is 44.6. The van der Waals surface area contributed by atoms with Crippen molar-refractivity contribution in [2.45, 2.75) is 71.8 Å². The molecule has 316 valence electrons. The Bertz CT molecular complexity index is 1960. The molecule has 2 saturated heterocycles. The van der Waals surface area contributed by atoms with Gasteiger partial charge in [-0.1, -0.05) is 45.4 Å². The number of methoxy groups -OCH3 is 2. The molecule has 2 aliphatic heterocycles. The van der Waals surface area contributed by atoms with Crippen molar-refractivity contribution in [1.29, 1.82) is 0 Å². The van der Waals surface area contributed by atoms with Gasteiger partial charge in [-0.3, -0.25) is 4.57 Å². The molecular formula is C47H63N7O5. The summed E-state index contributed by atoms with van der Waals surface area (Å²) in [6.45, 7) is 14.1. The Labute approximate surface area is 350 Å². The molecule has 3 aromatic carbocycles.